The molecular formula is C39H39N7O3. The number of pyridine rings is 2. The highest BCUT2D eigenvalue weighted by Gasteiger charge is 2.21. The molecule has 7 rings (SSSR count). The van der Waals surface area contributed by atoms with E-state index in [9.17, 15) is 9.59 Å². The molecule has 4 heterocycles. The van der Waals surface area contributed by atoms with Crippen molar-refractivity contribution in [3.63, 3.8) is 0 Å². The second kappa shape index (κ2) is 14.7. The fourth-order valence-electron chi connectivity index (χ4n) is 6.52. The number of aromatic nitrogens is 2. The summed E-state index contributed by atoms with van der Waals surface area (Å²) in [5.41, 5.74) is 9.86. The van der Waals surface area contributed by atoms with E-state index >= 15 is 0 Å². The maximum atomic E-state index is 13.6. The smallest absolute Gasteiger partial charge is 0.273 e. The normalized spacial score (nSPS) is 14.8. The zero-order chi connectivity index (χ0) is 33.6. The van der Waals surface area contributed by atoms with Crippen LogP contribution >= 0.6 is 0 Å². The Morgan fingerprint density at radius 3 is 2.61 bits per heavy atom. The number of piperidine rings is 1. The van der Waals surface area contributed by atoms with E-state index in [-0.39, 0.29) is 5.91 Å². The van der Waals surface area contributed by atoms with Crippen LogP contribution in [0.2, 0.25) is 0 Å². The summed E-state index contributed by atoms with van der Waals surface area (Å²) >= 11 is 0. The number of anilines is 2. The van der Waals surface area contributed by atoms with Gasteiger partial charge in [-0.25, -0.2) is 15.4 Å². The number of amides is 2. The highest BCUT2D eigenvalue weighted by Crippen LogP contribution is 2.27. The number of carbonyl (C=O) groups is 2. The Balaban J connectivity index is 1.06. The zero-order valence-electron chi connectivity index (χ0n) is 27.6. The van der Waals surface area contributed by atoms with Gasteiger partial charge in [-0.15, -0.1) is 0 Å². The molecule has 10 heteroatoms. The third kappa shape index (κ3) is 7.60. The topological polar surface area (TPSA) is 112 Å². The Labute approximate surface area is 285 Å². The lowest BCUT2D eigenvalue weighted by molar-refractivity contribution is 0.0956. The number of hydrazone groups is 1. The van der Waals surface area contributed by atoms with Gasteiger partial charge in [-0.2, -0.15) is 5.10 Å². The van der Waals surface area contributed by atoms with Crippen molar-refractivity contribution in [1.29, 1.82) is 0 Å². The Bertz CT molecular complexity index is 2000. The van der Waals surface area contributed by atoms with E-state index in [2.05, 4.69) is 36.7 Å². The second-order valence-electron chi connectivity index (χ2n) is 12.5. The number of hydrogen-bond donors (Lipinski definition) is 2. The number of fused-ring (bicyclic) bond motifs is 2. The molecule has 3 aromatic carbocycles. The lowest BCUT2D eigenvalue weighted by atomic mass is 10.0. The maximum Gasteiger partial charge on any atom is 0.273 e. The Morgan fingerprint density at radius 1 is 0.918 bits per heavy atom. The van der Waals surface area contributed by atoms with Crippen molar-refractivity contribution in [1.82, 2.24) is 20.3 Å². The third-order valence-electron chi connectivity index (χ3n) is 9.12. The van der Waals surface area contributed by atoms with Gasteiger partial charge in [0.1, 0.15) is 5.75 Å². The van der Waals surface area contributed by atoms with Crippen LogP contribution in [0.5, 0.6) is 5.75 Å². The SMILES string of the molecule is COc1ccc(/C=N/NC(=O)c2cc(N3CCCCC3)ccc2NC(=O)c2cccc(CN3CCc4nc5ncccc5cc4C3)c2)cc1. The first-order chi connectivity index (χ1) is 24.0. The van der Waals surface area contributed by atoms with Gasteiger partial charge in [0.15, 0.2) is 5.65 Å². The highest BCUT2D eigenvalue weighted by molar-refractivity contribution is 6.09. The van der Waals surface area contributed by atoms with Crippen LogP contribution in [0.3, 0.4) is 0 Å². The average Bonchev–Trinajstić information content (AvgIpc) is 3.15. The van der Waals surface area contributed by atoms with Gasteiger partial charge in [0, 0.05) is 67.7 Å². The molecule has 5 aromatic rings. The van der Waals surface area contributed by atoms with Crippen LogP contribution < -0.4 is 20.4 Å². The first kappa shape index (κ1) is 32.0. The van der Waals surface area contributed by atoms with Crippen molar-refractivity contribution in [3.05, 3.63) is 125 Å². The molecule has 2 aliphatic heterocycles. The lowest BCUT2D eigenvalue weighted by Gasteiger charge is -2.29. The van der Waals surface area contributed by atoms with Crippen LogP contribution in [-0.2, 0) is 19.5 Å². The summed E-state index contributed by atoms with van der Waals surface area (Å²) in [6, 6.07) is 26.8. The summed E-state index contributed by atoms with van der Waals surface area (Å²) in [4.78, 5) is 41.0. The van der Waals surface area contributed by atoms with Gasteiger partial charge in [0.25, 0.3) is 11.8 Å². The number of rotatable bonds is 9. The Morgan fingerprint density at radius 2 is 1.78 bits per heavy atom. The van der Waals surface area contributed by atoms with Gasteiger partial charge in [-0.3, -0.25) is 14.5 Å². The molecule has 0 atom stereocenters. The number of nitrogens with one attached hydrogen (secondary N) is 2. The zero-order valence-corrected chi connectivity index (χ0v) is 27.6. The van der Waals surface area contributed by atoms with Crippen LogP contribution in [-0.4, -0.2) is 59.6 Å². The van der Waals surface area contributed by atoms with E-state index in [0.29, 0.717) is 23.4 Å². The molecule has 1 fully saturated rings. The molecule has 2 N–H and O–H groups in total. The molecule has 0 saturated carbocycles. The quantitative estimate of drug-likeness (QED) is 0.144. The highest BCUT2D eigenvalue weighted by atomic mass is 16.5. The fraction of sp³-hybridized carbons (Fsp3) is 0.256. The summed E-state index contributed by atoms with van der Waals surface area (Å²) in [5, 5.41) is 8.24. The molecule has 248 valence electrons. The van der Waals surface area contributed by atoms with Gasteiger partial charge in [-0.05, 0) is 109 Å². The van der Waals surface area contributed by atoms with E-state index in [1.165, 1.54) is 12.0 Å². The van der Waals surface area contributed by atoms with Crippen LogP contribution in [0.15, 0.2) is 96.2 Å². The van der Waals surface area contributed by atoms with Gasteiger partial charge < -0.3 is 15.0 Å². The molecule has 0 radical (unpaired) electrons. The van der Waals surface area contributed by atoms with Crippen molar-refractivity contribution < 1.29 is 14.3 Å². The van der Waals surface area contributed by atoms with Crippen LogP contribution in [0, 0.1) is 0 Å². The molecule has 0 aliphatic carbocycles. The molecule has 2 aromatic heterocycles. The first-order valence-electron chi connectivity index (χ1n) is 16.7. The van der Waals surface area contributed by atoms with E-state index in [1.807, 2.05) is 72.8 Å². The van der Waals surface area contributed by atoms with Gasteiger partial charge in [0.05, 0.1) is 24.6 Å². The molecule has 2 aliphatic rings. The van der Waals surface area contributed by atoms with E-state index in [0.717, 1.165) is 84.7 Å². The predicted molar refractivity (Wildman–Crippen MR) is 192 cm³/mol. The maximum absolute atomic E-state index is 13.6. The summed E-state index contributed by atoms with van der Waals surface area (Å²) in [5.74, 6) is 0.0508. The van der Waals surface area contributed by atoms with Crippen molar-refractivity contribution in [3.8, 4) is 5.75 Å². The Hall–Kier alpha value is -5.61. The molecule has 0 spiro atoms. The van der Waals surface area contributed by atoms with Gasteiger partial charge in [0.2, 0.25) is 0 Å². The number of methoxy groups -OCH3 is 1. The number of carbonyl (C=O) groups excluding carboxylic acids is 2. The van der Waals surface area contributed by atoms with E-state index in [4.69, 9.17) is 9.72 Å². The van der Waals surface area contributed by atoms with Crippen molar-refractivity contribution in [2.24, 2.45) is 5.10 Å². The third-order valence-corrected chi connectivity index (χ3v) is 9.12. The van der Waals surface area contributed by atoms with Crippen molar-refractivity contribution in [2.45, 2.75) is 38.8 Å². The molecule has 10 nitrogen and oxygen atoms in total. The summed E-state index contributed by atoms with van der Waals surface area (Å²) in [6.45, 7) is 4.23. The van der Waals surface area contributed by atoms with E-state index in [1.54, 1.807) is 25.6 Å². The van der Waals surface area contributed by atoms with Crippen LogP contribution in [0.1, 0.15) is 62.4 Å². The monoisotopic (exact) mass is 653 g/mol. The van der Waals surface area contributed by atoms with E-state index < -0.39 is 5.91 Å². The number of benzene rings is 3. The predicted octanol–water partition coefficient (Wildman–Crippen LogP) is 6.20. The molecular weight excluding hydrogens is 614 g/mol. The summed E-state index contributed by atoms with van der Waals surface area (Å²) < 4.78 is 5.21. The molecule has 0 bridgehead atoms. The second-order valence-corrected chi connectivity index (χ2v) is 12.5. The molecule has 1 saturated heterocycles. The Kier molecular flexibility index (Phi) is 9.56. The average molecular weight is 654 g/mol. The first-order valence-corrected chi connectivity index (χ1v) is 16.7. The number of nitrogens with zero attached hydrogens (tertiary/aromatic N) is 5. The minimum Gasteiger partial charge on any atom is -0.497 e. The largest absolute Gasteiger partial charge is 0.497 e. The van der Waals surface area contributed by atoms with Crippen LogP contribution in [0.25, 0.3) is 11.0 Å². The number of ether oxygens (including phenoxy) is 1. The van der Waals surface area contributed by atoms with Crippen molar-refractivity contribution in [2.75, 3.05) is 37.0 Å². The number of hydrogen-bond acceptors (Lipinski definition) is 8. The molecule has 49 heavy (non-hydrogen) atoms. The van der Waals surface area contributed by atoms with Gasteiger partial charge in [-0.1, -0.05) is 12.1 Å². The minimum absolute atomic E-state index is 0.282. The minimum atomic E-state index is -0.406. The summed E-state index contributed by atoms with van der Waals surface area (Å²) in [6.07, 6.45) is 7.63. The summed E-state index contributed by atoms with van der Waals surface area (Å²) in [7, 11) is 1.61. The fourth-order valence-corrected chi connectivity index (χ4v) is 6.52. The van der Waals surface area contributed by atoms with Crippen LogP contribution in [0.4, 0.5) is 11.4 Å². The lowest BCUT2D eigenvalue weighted by Crippen LogP contribution is -2.30. The standard InChI is InChI=1S/C39H39N7O3/c1-49-33-13-10-27(11-14-33)24-41-44-39(48)34-23-32(46-18-3-2-4-19-46)12-15-36(34)43-38(47)30-8-5-7-28(21-30)25-45-20-16-35-31(26-45)22-29-9-6-17-40-37(29)42-35/h5-15,17,21-24H,2-4,16,18-20,25-26H2,1H3,(H,43,47)(H,44,48)/b41-24+. The van der Waals surface area contributed by atoms with Crippen molar-refractivity contribution >= 4 is 40.4 Å². The molecule has 2 amide bonds. The van der Waals surface area contributed by atoms with Gasteiger partial charge >= 0.3 is 0 Å². The molecule has 0 unspecified atom stereocenters.